The molecule has 0 fully saturated rings. The maximum absolute atomic E-state index is 12.8. The molecule has 2 heterocycles. The molecule has 0 saturated carbocycles. The van der Waals surface area contributed by atoms with Gasteiger partial charge in [-0.1, -0.05) is 23.4 Å². The topological polar surface area (TPSA) is 106 Å². The normalized spacial score (nSPS) is 11.7. The summed E-state index contributed by atoms with van der Waals surface area (Å²) in [4.78, 5) is 16.8. The molecule has 0 radical (unpaired) electrons. The Morgan fingerprint density at radius 3 is 2.88 bits per heavy atom. The molecule has 0 bridgehead atoms. The van der Waals surface area contributed by atoms with Gasteiger partial charge in [0, 0.05) is 12.4 Å². The molecule has 1 aromatic carbocycles. The van der Waals surface area contributed by atoms with E-state index in [0.717, 1.165) is 5.56 Å². The minimum Gasteiger partial charge on any atom is -0.495 e. The standard InChI is InChI=1S/C16H16N6O2/c1-24-14-7-3-2-6-13(14)18-16(23)12(15-19-21-22-20-15)9-11-5-4-8-17-10-11/h2-8,10,12H,9H2,1H3,(H,18,23)(H,19,20,21,22)/t12-/m0/s1. The smallest absolute Gasteiger partial charge is 0.235 e. The van der Waals surface area contributed by atoms with E-state index in [0.29, 0.717) is 23.7 Å². The fraction of sp³-hybridized carbons (Fsp3) is 0.188. The summed E-state index contributed by atoms with van der Waals surface area (Å²) in [5, 5.41) is 16.7. The van der Waals surface area contributed by atoms with Crippen LogP contribution >= 0.6 is 0 Å². The fourth-order valence-electron chi connectivity index (χ4n) is 2.34. The van der Waals surface area contributed by atoms with E-state index in [4.69, 9.17) is 4.74 Å². The summed E-state index contributed by atoms with van der Waals surface area (Å²) in [5.74, 6) is 0.0629. The quantitative estimate of drug-likeness (QED) is 0.713. The highest BCUT2D eigenvalue weighted by Crippen LogP contribution is 2.26. The van der Waals surface area contributed by atoms with E-state index < -0.39 is 5.92 Å². The Balaban J connectivity index is 1.84. The van der Waals surface area contributed by atoms with Crippen LogP contribution in [0.25, 0.3) is 0 Å². The van der Waals surface area contributed by atoms with Crippen molar-refractivity contribution in [2.24, 2.45) is 0 Å². The number of para-hydroxylation sites is 2. The maximum Gasteiger partial charge on any atom is 0.235 e. The number of nitrogens with zero attached hydrogens (tertiary/aromatic N) is 4. The molecule has 8 nitrogen and oxygen atoms in total. The summed E-state index contributed by atoms with van der Waals surface area (Å²) in [6.07, 6.45) is 3.81. The number of aromatic amines is 1. The molecule has 2 aromatic heterocycles. The molecule has 122 valence electrons. The second-order valence-corrected chi connectivity index (χ2v) is 5.08. The Morgan fingerprint density at radius 2 is 2.17 bits per heavy atom. The van der Waals surface area contributed by atoms with Crippen molar-refractivity contribution in [1.82, 2.24) is 25.6 Å². The SMILES string of the molecule is COc1ccccc1NC(=O)[C@@H](Cc1cccnc1)c1nn[nH]n1. The molecule has 1 atom stereocenters. The number of nitrogens with one attached hydrogen (secondary N) is 2. The average Bonchev–Trinajstić information content (AvgIpc) is 3.15. The molecule has 0 spiro atoms. The second-order valence-electron chi connectivity index (χ2n) is 5.08. The molecular formula is C16H16N6O2. The number of carbonyl (C=O) groups excluding carboxylic acids is 1. The largest absolute Gasteiger partial charge is 0.495 e. The first-order valence-electron chi connectivity index (χ1n) is 7.34. The molecular weight excluding hydrogens is 308 g/mol. The van der Waals surface area contributed by atoms with Gasteiger partial charge in [-0.15, -0.1) is 10.2 Å². The summed E-state index contributed by atoms with van der Waals surface area (Å²) in [6.45, 7) is 0. The molecule has 2 N–H and O–H groups in total. The first kappa shape index (κ1) is 15.6. The molecule has 0 saturated heterocycles. The number of carbonyl (C=O) groups is 1. The van der Waals surface area contributed by atoms with Crippen molar-refractivity contribution in [2.75, 3.05) is 12.4 Å². The third-order valence-corrected chi connectivity index (χ3v) is 3.52. The summed E-state index contributed by atoms with van der Waals surface area (Å²) < 4.78 is 5.26. The van der Waals surface area contributed by atoms with Gasteiger partial charge >= 0.3 is 0 Å². The highest BCUT2D eigenvalue weighted by atomic mass is 16.5. The molecule has 8 heteroatoms. The van der Waals surface area contributed by atoms with E-state index in [2.05, 4.69) is 30.9 Å². The molecule has 0 aliphatic carbocycles. The number of tetrazole rings is 1. The van der Waals surface area contributed by atoms with Gasteiger partial charge in [-0.3, -0.25) is 9.78 Å². The average molecular weight is 324 g/mol. The molecule has 0 aliphatic rings. The Kier molecular flexibility index (Phi) is 4.76. The van der Waals surface area contributed by atoms with Gasteiger partial charge in [0.05, 0.1) is 12.8 Å². The first-order chi connectivity index (χ1) is 11.8. The van der Waals surface area contributed by atoms with Gasteiger partial charge in [0.25, 0.3) is 0 Å². The highest BCUT2D eigenvalue weighted by molar-refractivity contribution is 5.96. The number of H-pyrrole nitrogens is 1. The molecule has 24 heavy (non-hydrogen) atoms. The van der Waals surface area contributed by atoms with Crippen LogP contribution < -0.4 is 10.1 Å². The highest BCUT2D eigenvalue weighted by Gasteiger charge is 2.26. The van der Waals surface area contributed by atoms with Crippen molar-refractivity contribution in [3.63, 3.8) is 0 Å². The number of hydrogen-bond acceptors (Lipinski definition) is 6. The monoisotopic (exact) mass is 324 g/mol. The zero-order chi connectivity index (χ0) is 16.8. The zero-order valence-electron chi connectivity index (χ0n) is 13.0. The first-order valence-corrected chi connectivity index (χ1v) is 7.34. The van der Waals surface area contributed by atoms with Crippen LogP contribution in [0.5, 0.6) is 5.75 Å². The van der Waals surface area contributed by atoms with Crippen molar-refractivity contribution in [1.29, 1.82) is 0 Å². The van der Waals surface area contributed by atoms with Crippen LogP contribution in [0.3, 0.4) is 0 Å². The Hall–Kier alpha value is -3.29. The van der Waals surface area contributed by atoms with E-state index in [1.165, 1.54) is 0 Å². The number of pyridine rings is 1. The van der Waals surface area contributed by atoms with E-state index >= 15 is 0 Å². The van der Waals surface area contributed by atoms with Crippen LogP contribution in [0.15, 0.2) is 48.8 Å². The van der Waals surface area contributed by atoms with Crippen molar-refractivity contribution >= 4 is 11.6 Å². The van der Waals surface area contributed by atoms with Gasteiger partial charge in [0.2, 0.25) is 5.91 Å². The lowest BCUT2D eigenvalue weighted by Crippen LogP contribution is -2.24. The van der Waals surface area contributed by atoms with Gasteiger partial charge < -0.3 is 10.1 Å². The maximum atomic E-state index is 12.8. The van der Waals surface area contributed by atoms with E-state index in [1.54, 1.807) is 31.6 Å². The lowest BCUT2D eigenvalue weighted by Gasteiger charge is -2.15. The van der Waals surface area contributed by atoms with Gasteiger partial charge in [-0.2, -0.15) is 5.21 Å². The number of methoxy groups -OCH3 is 1. The predicted molar refractivity (Wildman–Crippen MR) is 86.5 cm³/mol. The molecule has 3 aromatic rings. The Morgan fingerprint density at radius 1 is 1.29 bits per heavy atom. The van der Waals surface area contributed by atoms with Crippen molar-refractivity contribution < 1.29 is 9.53 Å². The van der Waals surface area contributed by atoms with Crippen LogP contribution in [0.4, 0.5) is 5.69 Å². The molecule has 0 unspecified atom stereocenters. The Bertz CT molecular complexity index is 791. The molecule has 0 aliphatic heterocycles. The van der Waals surface area contributed by atoms with Crippen molar-refractivity contribution in [2.45, 2.75) is 12.3 Å². The van der Waals surface area contributed by atoms with Crippen LogP contribution in [0.2, 0.25) is 0 Å². The van der Waals surface area contributed by atoms with E-state index in [9.17, 15) is 4.79 Å². The summed E-state index contributed by atoms with van der Waals surface area (Å²) in [6, 6.07) is 10.9. The third kappa shape index (κ3) is 3.54. The van der Waals surface area contributed by atoms with Crippen molar-refractivity contribution in [3.05, 3.63) is 60.2 Å². The number of hydrogen-bond donors (Lipinski definition) is 2. The number of ether oxygens (including phenoxy) is 1. The van der Waals surface area contributed by atoms with Gasteiger partial charge in [0.15, 0.2) is 5.82 Å². The lowest BCUT2D eigenvalue weighted by molar-refractivity contribution is -0.117. The number of amides is 1. The van der Waals surface area contributed by atoms with Gasteiger partial charge in [-0.25, -0.2) is 0 Å². The van der Waals surface area contributed by atoms with E-state index in [1.807, 2.05) is 24.3 Å². The van der Waals surface area contributed by atoms with Crippen LogP contribution in [-0.2, 0) is 11.2 Å². The minimum absolute atomic E-state index is 0.246. The number of anilines is 1. The van der Waals surface area contributed by atoms with Gasteiger partial charge in [-0.05, 0) is 30.2 Å². The summed E-state index contributed by atoms with van der Waals surface area (Å²) in [5.41, 5.74) is 1.49. The Labute approximate surface area is 138 Å². The fourth-order valence-corrected chi connectivity index (χ4v) is 2.34. The lowest BCUT2D eigenvalue weighted by atomic mass is 9.98. The van der Waals surface area contributed by atoms with Crippen LogP contribution in [-0.4, -0.2) is 38.6 Å². The summed E-state index contributed by atoms with van der Waals surface area (Å²) >= 11 is 0. The van der Waals surface area contributed by atoms with Crippen LogP contribution in [0.1, 0.15) is 17.3 Å². The number of rotatable bonds is 6. The zero-order valence-corrected chi connectivity index (χ0v) is 13.0. The summed E-state index contributed by atoms with van der Waals surface area (Å²) in [7, 11) is 1.55. The number of aromatic nitrogens is 5. The predicted octanol–water partition coefficient (Wildman–Crippen LogP) is 1.57. The number of benzene rings is 1. The molecule has 1 amide bonds. The van der Waals surface area contributed by atoms with Gasteiger partial charge in [0.1, 0.15) is 11.7 Å². The molecule has 3 rings (SSSR count). The minimum atomic E-state index is -0.599. The van der Waals surface area contributed by atoms with E-state index in [-0.39, 0.29) is 5.91 Å². The van der Waals surface area contributed by atoms with Crippen molar-refractivity contribution in [3.8, 4) is 5.75 Å². The second kappa shape index (κ2) is 7.32. The third-order valence-electron chi connectivity index (χ3n) is 3.52. The van der Waals surface area contributed by atoms with Crippen LogP contribution in [0, 0.1) is 0 Å².